The normalized spacial score (nSPS) is 10.4. The Morgan fingerprint density at radius 1 is 1.60 bits per heavy atom. The van der Waals surface area contributed by atoms with Gasteiger partial charge in [-0.25, -0.2) is 8.78 Å². The average molecular weight is 220 g/mol. The van der Waals surface area contributed by atoms with E-state index in [4.69, 9.17) is 0 Å². The third kappa shape index (κ3) is 2.09. The maximum Gasteiger partial charge on any atom is 0.338 e. The molecule has 0 atom stereocenters. The van der Waals surface area contributed by atoms with Crippen LogP contribution in [0.3, 0.4) is 0 Å². The van der Waals surface area contributed by atoms with Gasteiger partial charge < -0.3 is 4.74 Å². The maximum absolute atomic E-state index is 12.4. The number of alkyl halides is 2. The number of aromatic nitrogens is 1. The van der Waals surface area contributed by atoms with Crippen LogP contribution in [0.5, 0.6) is 5.88 Å². The molecule has 0 saturated carbocycles. The van der Waals surface area contributed by atoms with E-state index in [1.54, 1.807) is 0 Å². The van der Waals surface area contributed by atoms with E-state index >= 15 is 0 Å². The molecule has 0 aliphatic rings. The lowest BCUT2D eigenvalue weighted by Gasteiger charge is -2.04. The Morgan fingerprint density at radius 3 is 2.60 bits per heavy atom. The standard InChI is InChI=1S/C7H6F2N2O4/c1-15-7-5(11(13)14)3(6(8)9)2-4(12)10-7/h2,6H,1H3,(H,10,12). The van der Waals surface area contributed by atoms with Crippen molar-refractivity contribution < 1.29 is 18.4 Å². The van der Waals surface area contributed by atoms with Gasteiger partial charge in [-0.2, -0.15) is 0 Å². The van der Waals surface area contributed by atoms with Gasteiger partial charge in [0.05, 0.1) is 12.0 Å². The molecule has 8 heteroatoms. The van der Waals surface area contributed by atoms with Gasteiger partial charge in [-0.3, -0.25) is 19.9 Å². The van der Waals surface area contributed by atoms with E-state index in [1.807, 2.05) is 4.98 Å². The van der Waals surface area contributed by atoms with E-state index in [-0.39, 0.29) is 0 Å². The number of hydrogen-bond acceptors (Lipinski definition) is 4. The van der Waals surface area contributed by atoms with Gasteiger partial charge in [-0.05, 0) is 0 Å². The second kappa shape index (κ2) is 4.03. The van der Waals surface area contributed by atoms with Gasteiger partial charge in [0, 0.05) is 6.07 Å². The molecule has 1 N–H and O–H groups in total. The molecule has 0 amide bonds. The number of nitrogens with zero attached hydrogens (tertiary/aromatic N) is 1. The molecule has 82 valence electrons. The van der Waals surface area contributed by atoms with Gasteiger partial charge >= 0.3 is 5.69 Å². The lowest BCUT2D eigenvalue weighted by Crippen LogP contribution is -2.11. The predicted molar refractivity (Wildman–Crippen MR) is 45.2 cm³/mol. The second-order valence-corrected chi connectivity index (χ2v) is 2.53. The fourth-order valence-electron chi connectivity index (χ4n) is 1.05. The first-order valence-corrected chi connectivity index (χ1v) is 3.71. The van der Waals surface area contributed by atoms with Crippen molar-refractivity contribution in [3.05, 3.63) is 32.1 Å². The third-order valence-corrected chi connectivity index (χ3v) is 1.63. The minimum absolute atomic E-state index is 0.478. The van der Waals surface area contributed by atoms with Crippen LogP contribution in [0.1, 0.15) is 12.0 Å². The molecule has 0 radical (unpaired) electrons. The van der Waals surface area contributed by atoms with Gasteiger partial charge in [-0.1, -0.05) is 0 Å². The molecule has 6 nitrogen and oxygen atoms in total. The summed E-state index contributed by atoms with van der Waals surface area (Å²) in [7, 11) is 1.04. The average Bonchev–Trinajstić information content (AvgIpc) is 2.15. The van der Waals surface area contributed by atoms with Crippen molar-refractivity contribution in [2.75, 3.05) is 7.11 Å². The summed E-state index contributed by atoms with van der Waals surface area (Å²) in [6, 6.07) is 0.478. The van der Waals surface area contributed by atoms with Crippen LogP contribution < -0.4 is 10.3 Å². The lowest BCUT2D eigenvalue weighted by molar-refractivity contribution is -0.387. The van der Waals surface area contributed by atoms with Crippen molar-refractivity contribution in [1.29, 1.82) is 0 Å². The van der Waals surface area contributed by atoms with Crippen LogP contribution in [-0.2, 0) is 0 Å². The number of rotatable bonds is 3. The van der Waals surface area contributed by atoms with Crippen LogP contribution in [0, 0.1) is 10.1 Å². The fraction of sp³-hybridized carbons (Fsp3) is 0.286. The highest BCUT2D eigenvalue weighted by molar-refractivity contribution is 5.48. The zero-order chi connectivity index (χ0) is 11.6. The highest BCUT2D eigenvalue weighted by Gasteiger charge is 2.28. The number of H-pyrrole nitrogens is 1. The molecule has 1 aromatic heterocycles. The quantitative estimate of drug-likeness (QED) is 0.613. The van der Waals surface area contributed by atoms with Crippen molar-refractivity contribution in [2.24, 2.45) is 0 Å². The first-order valence-electron chi connectivity index (χ1n) is 3.71. The summed E-state index contributed by atoms with van der Waals surface area (Å²) in [4.78, 5) is 22.3. The smallest absolute Gasteiger partial charge is 0.338 e. The molecule has 0 aromatic carbocycles. The predicted octanol–water partition coefficient (Wildman–Crippen LogP) is 1.23. The van der Waals surface area contributed by atoms with Crippen LogP contribution in [-0.4, -0.2) is 17.0 Å². The highest BCUT2D eigenvalue weighted by atomic mass is 19.3. The summed E-state index contributed by atoms with van der Waals surface area (Å²) in [5.74, 6) is -0.581. The molecule has 0 unspecified atom stereocenters. The van der Waals surface area contributed by atoms with Crippen LogP contribution >= 0.6 is 0 Å². The molecule has 0 saturated heterocycles. The van der Waals surface area contributed by atoms with Crippen molar-refractivity contribution in [3.8, 4) is 5.88 Å². The number of ether oxygens (including phenoxy) is 1. The fourth-order valence-corrected chi connectivity index (χ4v) is 1.05. The molecule has 1 heterocycles. The summed E-state index contributed by atoms with van der Waals surface area (Å²) in [6.45, 7) is 0. The molecule has 0 fully saturated rings. The monoisotopic (exact) mass is 220 g/mol. The number of aromatic amines is 1. The molecule has 0 spiro atoms. The summed E-state index contributed by atoms with van der Waals surface area (Å²) in [5, 5.41) is 10.5. The summed E-state index contributed by atoms with van der Waals surface area (Å²) < 4.78 is 29.2. The SMILES string of the molecule is COc1[nH]c(=O)cc(C(F)F)c1[N+](=O)[O-]. The van der Waals surface area contributed by atoms with E-state index in [1.165, 1.54) is 0 Å². The first-order chi connectivity index (χ1) is 6.97. The Labute approximate surface area is 81.6 Å². The van der Waals surface area contributed by atoms with Gasteiger partial charge in [0.15, 0.2) is 0 Å². The van der Waals surface area contributed by atoms with E-state index in [9.17, 15) is 23.7 Å². The van der Waals surface area contributed by atoms with Crippen LogP contribution in [0.2, 0.25) is 0 Å². The highest BCUT2D eigenvalue weighted by Crippen LogP contribution is 2.33. The first kappa shape index (κ1) is 11.1. The molecule has 0 aliphatic carbocycles. The van der Waals surface area contributed by atoms with Crippen LogP contribution in [0.25, 0.3) is 0 Å². The number of halogens is 2. The molecule has 15 heavy (non-hydrogen) atoms. The number of hydrogen-bond donors (Lipinski definition) is 1. The van der Waals surface area contributed by atoms with Gasteiger partial charge in [0.1, 0.15) is 5.56 Å². The zero-order valence-corrected chi connectivity index (χ0v) is 7.49. The van der Waals surface area contributed by atoms with E-state index in [0.717, 1.165) is 7.11 Å². The van der Waals surface area contributed by atoms with Crippen molar-refractivity contribution in [1.82, 2.24) is 4.98 Å². The van der Waals surface area contributed by atoms with Gasteiger partial charge in [0.25, 0.3) is 17.9 Å². The van der Waals surface area contributed by atoms with E-state index < -0.39 is 34.0 Å². The zero-order valence-electron chi connectivity index (χ0n) is 7.49. The number of nitrogens with one attached hydrogen (secondary N) is 1. The van der Waals surface area contributed by atoms with E-state index in [0.29, 0.717) is 6.07 Å². The molecule has 1 rings (SSSR count). The minimum Gasteiger partial charge on any atom is -0.477 e. The Bertz CT molecular complexity index is 443. The van der Waals surface area contributed by atoms with Crippen molar-refractivity contribution in [3.63, 3.8) is 0 Å². The molecule has 0 bridgehead atoms. The number of nitro groups is 1. The summed E-state index contributed by atoms with van der Waals surface area (Å²) in [6.07, 6.45) is -3.11. The largest absolute Gasteiger partial charge is 0.477 e. The number of pyridine rings is 1. The minimum atomic E-state index is -3.11. The Balaban J connectivity index is 3.54. The third-order valence-electron chi connectivity index (χ3n) is 1.63. The van der Waals surface area contributed by atoms with Gasteiger partial charge in [-0.15, -0.1) is 0 Å². The number of methoxy groups -OCH3 is 1. The van der Waals surface area contributed by atoms with E-state index in [2.05, 4.69) is 4.74 Å². The Kier molecular flexibility index (Phi) is 2.98. The molecular formula is C7H6F2N2O4. The molecular weight excluding hydrogens is 214 g/mol. The molecule has 0 aliphatic heterocycles. The summed E-state index contributed by atoms with van der Waals surface area (Å²) in [5.41, 5.74) is -2.76. The Morgan fingerprint density at radius 2 is 2.20 bits per heavy atom. The second-order valence-electron chi connectivity index (χ2n) is 2.53. The lowest BCUT2D eigenvalue weighted by atomic mass is 10.2. The molecule has 1 aromatic rings. The van der Waals surface area contributed by atoms with Crippen molar-refractivity contribution in [2.45, 2.75) is 6.43 Å². The van der Waals surface area contributed by atoms with Gasteiger partial charge in [0.2, 0.25) is 0 Å². The topological polar surface area (TPSA) is 85.2 Å². The van der Waals surface area contributed by atoms with Crippen molar-refractivity contribution >= 4 is 5.69 Å². The summed E-state index contributed by atoms with van der Waals surface area (Å²) >= 11 is 0. The van der Waals surface area contributed by atoms with Crippen LogP contribution in [0.15, 0.2) is 10.9 Å². The maximum atomic E-state index is 12.4. The van der Waals surface area contributed by atoms with Crippen LogP contribution in [0.4, 0.5) is 14.5 Å². The Hall–Kier alpha value is -1.99.